The molecule has 0 bridgehead atoms. The van der Waals surface area contributed by atoms with Crippen LogP contribution in [0.4, 0.5) is 0 Å². The van der Waals surface area contributed by atoms with Gasteiger partial charge >= 0.3 is 0 Å². The first-order valence-corrected chi connectivity index (χ1v) is 10.1. The van der Waals surface area contributed by atoms with Crippen molar-refractivity contribution in [3.8, 4) is 5.88 Å². The van der Waals surface area contributed by atoms with Crippen molar-refractivity contribution in [1.29, 1.82) is 0 Å². The summed E-state index contributed by atoms with van der Waals surface area (Å²) in [5, 5.41) is 3.59. The Balaban J connectivity index is 0.00000280. The van der Waals surface area contributed by atoms with Crippen LogP contribution in [0.2, 0.25) is 0 Å². The summed E-state index contributed by atoms with van der Waals surface area (Å²) in [6.45, 7) is 10.4. The van der Waals surface area contributed by atoms with Crippen LogP contribution >= 0.6 is 24.0 Å². The van der Waals surface area contributed by atoms with E-state index in [9.17, 15) is 0 Å². The number of nitrogens with zero attached hydrogens (tertiary/aromatic N) is 3. The first-order chi connectivity index (χ1) is 13.0. The second-order valence-corrected chi connectivity index (χ2v) is 8.63. The van der Waals surface area contributed by atoms with Crippen molar-refractivity contribution in [3.05, 3.63) is 24.4 Å². The third-order valence-corrected chi connectivity index (χ3v) is 5.40. The molecule has 2 aliphatic heterocycles. The Bertz CT molecular complexity index is 621. The number of aromatic nitrogens is 1. The standard InChI is InChI=1S/C21H34N4O2.HI/c1-21(2,3)19-16(8-7-13-26-19)14-24-20(22-4)25-12-10-17(15-25)27-18-9-5-6-11-23-18;/h5-6,9,11,16-17,19H,7-8,10,12-15H2,1-4H3,(H,22,24);1H. The molecule has 0 aliphatic carbocycles. The quantitative estimate of drug-likeness (QED) is 0.388. The number of hydrogen-bond acceptors (Lipinski definition) is 4. The molecule has 2 aliphatic rings. The fraction of sp³-hybridized carbons (Fsp3) is 0.714. The van der Waals surface area contributed by atoms with Gasteiger partial charge in [0, 0.05) is 51.3 Å². The lowest BCUT2D eigenvalue weighted by Crippen LogP contribution is -2.48. The molecule has 3 heterocycles. The van der Waals surface area contributed by atoms with Gasteiger partial charge in [-0.3, -0.25) is 4.99 Å². The predicted molar refractivity (Wildman–Crippen MR) is 124 cm³/mol. The van der Waals surface area contributed by atoms with E-state index in [1.54, 1.807) is 6.20 Å². The molecule has 0 saturated carbocycles. The summed E-state index contributed by atoms with van der Waals surface area (Å²) in [7, 11) is 1.86. The monoisotopic (exact) mass is 502 g/mol. The largest absolute Gasteiger partial charge is 0.472 e. The fourth-order valence-electron chi connectivity index (χ4n) is 4.17. The molecule has 158 valence electrons. The maximum absolute atomic E-state index is 6.11. The highest BCUT2D eigenvalue weighted by atomic mass is 127. The van der Waals surface area contributed by atoms with E-state index >= 15 is 0 Å². The van der Waals surface area contributed by atoms with E-state index in [2.05, 4.69) is 41.0 Å². The number of hydrogen-bond donors (Lipinski definition) is 1. The van der Waals surface area contributed by atoms with Crippen LogP contribution in [0, 0.1) is 11.3 Å². The summed E-state index contributed by atoms with van der Waals surface area (Å²) in [5.41, 5.74) is 0.158. The summed E-state index contributed by atoms with van der Waals surface area (Å²) in [4.78, 5) is 11.0. The maximum atomic E-state index is 6.11. The van der Waals surface area contributed by atoms with Crippen LogP contribution in [0.3, 0.4) is 0 Å². The number of aliphatic imine (C=N–C) groups is 1. The van der Waals surface area contributed by atoms with E-state index in [0.29, 0.717) is 11.8 Å². The second-order valence-electron chi connectivity index (χ2n) is 8.63. The maximum Gasteiger partial charge on any atom is 0.213 e. The minimum absolute atomic E-state index is 0. The molecule has 7 heteroatoms. The summed E-state index contributed by atoms with van der Waals surface area (Å²) in [6.07, 6.45) is 5.53. The Labute approximate surface area is 186 Å². The van der Waals surface area contributed by atoms with Gasteiger partial charge in [-0.2, -0.15) is 0 Å². The Morgan fingerprint density at radius 3 is 2.86 bits per heavy atom. The molecule has 0 spiro atoms. The SMILES string of the molecule is CN=C(NCC1CCCOC1C(C)(C)C)N1CCC(Oc2ccccn2)C1.I. The zero-order valence-corrected chi connectivity index (χ0v) is 19.9. The van der Waals surface area contributed by atoms with Gasteiger partial charge < -0.3 is 19.7 Å². The molecule has 1 aromatic heterocycles. The van der Waals surface area contributed by atoms with Gasteiger partial charge in [0.1, 0.15) is 6.10 Å². The molecule has 0 radical (unpaired) electrons. The summed E-state index contributed by atoms with van der Waals surface area (Å²) in [5.74, 6) is 2.17. The number of guanidine groups is 1. The van der Waals surface area contributed by atoms with E-state index in [4.69, 9.17) is 9.47 Å². The van der Waals surface area contributed by atoms with E-state index in [1.165, 1.54) is 6.42 Å². The van der Waals surface area contributed by atoms with Crippen molar-refractivity contribution >= 4 is 29.9 Å². The number of ether oxygens (including phenoxy) is 2. The average molecular weight is 502 g/mol. The lowest BCUT2D eigenvalue weighted by Gasteiger charge is -2.40. The third-order valence-electron chi connectivity index (χ3n) is 5.40. The highest BCUT2D eigenvalue weighted by molar-refractivity contribution is 14.0. The van der Waals surface area contributed by atoms with Gasteiger partial charge in [-0.1, -0.05) is 26.8 Å². The van der Waals surface area contributed by atoms with Gasteiger partial charge in [0.25, 0.3) is 0 Å². The molecule has 2 fully saturated rings. The van der Waals surface area contributed by atoms with Crippen molar-refractivity contribution in [2.75, 3.05) is 33.3 Å². The summed E-state index contributed by atoms with van der Waals surface area (Å²) in [6, 6.07) is 5.76. The van der Waals surface area contributed by atoms with Crippen LogP contribution in [0.25, 0.3) is 0 Å². The van der Waals surface area contributed by atoms with Crippen molar-refractivity contribution in [2.45, 2.75) is 52.2 Å². The lowest BCUT2D eigenvalue weighted by molar-refractivity contribution is -0.0836. The average Bonchev–Trinajstić information content (AvgIpc) is 3.11. The molecule has 6 nitrogen and oxygen atoms in total. The molecule has 2 saturated heterocycles. The van der Waals surface area contributed by atoms with Crippen LogP contribution < -0.4 is 10.1 Å². The second kappa shape index (κ2) is 10.6. The van der Waals surface area contributed by atoms with Crippen LogP contribution in [-0.2, 0) is 4.74 Å². The molecule has 0 aromatic carbocycles. The molecule has 1 N–H and O–H groups in total. The normalized spacial score (nSPS) is 25.9. The van der Waals surface area contributed by atoms with Crippen LogP contribution in [-0.4, -0.2) is 61.3 Å². The minimum Gasteiger partial charge on any atom is -0.472 e. The molecule has 3 atom stereocenters. The predicted octanol–water partition coefficient (Wildman–Crippen LogP) is 3.57. The van der Waals surface area contributed by atoms with Gasteiger partial charge in [0.05, 0.1) is 12.6 Å². The number of nitrogens with one attached hydrogen (secondary N) is 1. The van der Waals surface area contributed by atoms with Crippen LogP contribution in [0.15, 0.2) is 29.4 Å². The Kier molecular flexibility index (Phi) is 8.80. The first kappa shape index (κ1) is 23.2. The van der Waals surface area contributed by atoms with E-state index in [-0.39, 0.29) is 41.6 Å². The lowest BCUT2D eigenvalue weighted by atomic mass is 9.78. The van der Waals surface area contributed by atoms with E-state index in [0.717, 1.165) is 45.0 Å². The molecular formula is C21H35IN4O2. The Morgan fingerprint density at radius 2 is 2.18 bits per heavy atom. The smallest absolute Gasteiger partial charge is 0.213 e. The first-order valence-electron chi connectivity index (χ1n) is 10.1. The molecule has 1 aromatic rings. The van der Waals surface area contributed by atoms with Gasteiger partial charge in [0.15, 0.2) is 5.96 Å². The third kappa shape index (κ3) is 6.20. The molecule has 28 heavy (non-hydrogen) atoms. The van der Waals surface area contributed by atoms with Crippen LogP contribution in [0.5, 0.6) is 5.88 Å². The zero-order chi connectivity index (χ0) is 19.3. The van der Waals surface area contributed by atoms with Crippen molar-refractivity contribution in [3.63, 3.8) is 0 Å². The number of halogens is 1. The Morgan fingerprint density at radius 1 is 1.36 bits per heavy atom. The van der Waals surface area contributed by atoms with Crippen molar-refractivity contribution < 1.29 is 9.47 Å². The summed E-state index contributed by atoms with van der Waals surface area (Å²) < 4.78 is 12.1. The molecule has 3 rings (SSSR count). The minimum atomic E-state index is 0. The molecule has 0 amide bonds. The Hall–Kier alpha value is -1.09. The zero-order valence-electron chi connectivity index (χ0n) is 17.6. The van der Waals surface area contributed by atoms with Gasteiger partial charge in [-0.25, -0.2) is 4.98 Å². The topological polar surface area (TPSA) is 59.0 Å². The van der Waals surface area contributed by atoms with Gasteiger partial charge in [0.2, 0.25) is 5.88 Å². The van der Waals surface area contributed by atoms with Gasteiger partial charge in [-0.05, 0) is 24.3 Å². The summed E-state index contributed by atoms with van der Waals surface area (Å²) >= 11 is 0. The highest BCUT2D eigenvalue weighted by Gasteiger charge is 2.35. The van der Waals surface area contributed by atoms with Crippen molar-refractivity contribution in [1.82, 2.24) is 15.2 Å². The molecule has 3 unspecified atom stereocenters. The van der Waals surface area contributed by atoms with Gasteiger partial charge in [-0.15, -0.1) is 24.0 Å². The van der Waals surface area contributed by atoms with Crippen molar-refractivity contribution in [2.24, 2.45) is 16.3 Å². The van der Waals surface area contributed by atoms with E-state index in [1.807, 2.05) is 25.2 Å². The van der Waals surface area contributed by atoms with Crippen LogP contribution in [0.1, 0.15) is 40.0 Å². The highest BCUT2D eigenvalue weighted by Crippen LogP contribution is 2.33. The number of likely N-dealkylation sites (tertiary alicyclic amines) is 1. The number of rotatable bonds is 4. The fourth-order valence-corrected chi connectivity index (χ4v) is 4.17. The van der Waals surface area contributed by atoms with E-state index < -0.39 is 0 Å². The molecular weight excluding hydrogens is 467 g/mol. The number of pyridine rings is 1.